The molecule has 3 nitrogen and oxygen atoms in total. The van der Waals surface area contributed by atoms with Crippen molar-refractivity contribution in [3.8, 4) is 0 Å². The number of hydrogen-bond acceptors (Lipinski definition) is 3. The molecule has 0 saturated carbocycles. The van der Waals surface area contributed by atoms with E-state index in [-0.39, 0.29) is 0 Å². The monoisotopic (exact) mass is 281 g/mol. The average Bonchev–Trinajstić information content (AvgIpc) is 2.50. The molecule has 3 aromatic rings. The Hall–Kier alpha value is -2.10. The fraction of sp³-hybridized carbons (Fsp3) is 0.222. The molecule has 0 fully saturated rings. The molecule has 3 rings (SSSR count). The van der Waals surface area contributed by atoms with E-state index >= 15 is 0 Å². The second-order valence-corrected chi connectivity index (χ2v) is 5.15. The van der Waals surface area contributed by atoms with Crippen molar-refractivity contribution in [2.24, 2.45) is 0 Å². The normalized spacial score (nSPS) is 11.3. The number of nitrogen functional groups attached to an aromatic ring is 1. The standard InChI is InChI=1S/C18H19NO2/c1-20-7-8-21-12-13-5-6-14-11-17-15(10-16(14)9-13)3-2-4-18(17)19/h2-6,9-11H,7-8,12,19H2,1H3. The van der Waals surface area contributed by atoms with E-state index in [9.17, 15) is 0 Å². The van der Waals surface area contributed by atoms with Gasteiger partial charge in [0, 0.05) is 18.2 Å². The van der Waals surface area contributed by atoms with E-state index in [1.54, 1.807) is 7.11 Å². The van der Waals surface area contributed by atoms with Crippen LogP contribution in [0.4, 0.5) is 5.69 Å². The van der Waals surface area contributed by atoms with Gasteiger partial charge >= 0.3 is 0 Å². The summed E-state index contributed by atoms with van der Waals surface area (Å²) in [6.07, 6.45) is 0. The summed E-state index contributed by atoms with van der Waals surface area (Å²) in [4.78, 5) is 0. The van der Waals surface area contributed by atoms with E-state index in [0.29, 0.717) is 19.8 Å². The van der Waals surface area contributed by atoms with E-state index in [2.05, 4.69) is 36.4 Å². The van der Waals surface area contributed by atoms with Gasteiger partial charge in [0.15, 0.2) is 0 Å². The van der Waals surface area contributed by atoms with Crippen LogP contribution in [0.3, 0.4) is 0 Å². The van der Waals surface area contributed by atoms with Gasteiger partial charge in [-0.2, -0.15) is 0 Å². The molecule has 0 aromatic heterocycles. The summed E-state index contributed by atoms with van der Waals surface area (Å²) in [7, 11) is 1.68. The Morgan fingerprint density at radius 3 is 2.67 bits per heavy atom. The third-order valence-electron chi connectivity index (χ3n) is 3.64. The fourth-order valence-corrected chi connectivity index (χ4v) is 2.52. The van der Waals surface area contributed by atoms with E-state index in [1.807, 2.05) is 12.1 Å². The van der Waals surface area contributed by atoms with Crippen LogP contribution in [0.1, 0.15) is 5.56 Å². The van der Waals surface area contributed by atoms with Gasteiger partial charge < -0.3 is 15.2 Å². The van der Waals surface area contributed by atoms with Crippen LogP contribution in [0.15, 0.2) is 48.5 Å². The number of ether oxygens (including phenoxy) is 2. The lowest BCUT2D eigenvalue weighted by Gasteiger charge is -2.08. The third-order valence-corrected chi connectivity index (χ3v) is 3.64. The van der Waals surface area contributed by atoms with Crippen molar-refractivity contribution in [2.75, 3.05) is 26.1 Å². The number of rotatable bonds is 5. The van der Waals surface area contributed by atoms with Crippen molar-refractivity contribution in [1.29, 1.82) is 0 Å². The minimum absolute atomic E-state index is 0.605. The van der Waals surface area contributed by atoms with Crippen molar-refractivity contribution in [3.05, 3.63) is 54.1 Å². The number of benzene rings is 3. The minimum atomic E-state index is 0.605. The first-order chi connectivity index (χ1) is 10.3. The topological polar surface area (TPSA) is 44.5 Å². The van der Waals surface area contributed by atoms with Crippen molar-refractivity contribution >= 4 is 27.2 Å². The Morgan fingerprint density at radius 1 is 0.905 bits per heavy atom. The minimum Gasteiger partial charge on any atom is -0.398 e. The Bertz CT molecular complexity index is 768. The lowest BCUT2D eigenvalue weighted by atomic mass is 10.0. The van der Waals surface area contributed by atoms with Crippen LogP contribution >= 0.6 is 0 Å². The van der Waals surface area contributed by atoms with Crippen molar-refractivity contribution in [3.63, 3.8) is 0 Å². The molecular weight excluding hydrogens is 262 g/mol. The average molecular weight is 281 g/mol. The summed E-state index contributed by atoms with van der Waals surface area (Å²) >= 11 is 0. The predicted octanol–water partition coefficient (Wildman–Crippen LogP) is 3.74. The molecule has 0 amide bonds. The first-order valence-electron chi connectivity index (χ1n) is 7.05. The van der Waals surface area contributed by atoms with Crippen LogP contribution in [-0.2, 0) is 16.1 Å². The molecule has 0 radical (unpaired) electrons. The van der Waals surface area contributed by atoms with Gasteiger partial charge in [0.05, 0.1) is 19.8 Å². The predicted molar refractivity (Wildman–Crippen MR) is 87.4 cm³/mol. The lowest BCUT2D eigenvalue weighted by Crippen LogP contribution is -2.01. The van der Waals surface area contributed by atoms with Crippen molar-refractivity contribution < 1.29 is 9.47 Å². The number of hydrogen-bond donors (Lipinski definition) is 1. The number of methoxy groups -OCH3 is 1. The van der Waals surface area contributed by atoms with Crippen LogP contribution in [0.25, 0.3) is 21.5 Å². The zero-order valence-electron chi connectivity index (χ0n) is 12.1. The summed E-state index contributed by atoms with van der Waals surface area (Å²) < 4.78 is 10.5. The molecule has 0 aliphatic heterocycles. The van der Waals surface area contributed by atoms with Crippen molar-refractivity contribution in [2.45, 2.75) is 6.61 Å². The highest BCUT2D eigenvalue weighted by molar-refractivity contribution is 6.03. The molecule has 0 heterocycles. The lowest BCUT2D eigenvalue weighted by molar-refractivity contribution is 0.0617. The highest BCUT2D eigenvalue weighted by Gasteiger charge is 2.02. The smallest absolute Gasteiger partial charge is 0.0718 e. The van der Waals surface area contributed by atoms with Crippen LogP contribution < -0.4 is 5.73 Å². The van der Waals surface area contributed by atoms with E-state index < -0.39 is 0 Å². The summed E-state index contributed by atoms with van der Waals surface area (Å²) in [5.74, 6) is 0. The maximum absolute atomic E-state index is 6.04. The zero-order valence-corrected chi connectivity index (χ0v) is 12.1. The van der Waals surface area contributed by atoms with Crippen molar-refractivity contribution in [1.82, 2.24) is 0 Å². The molecule has 108 valence electrons. The Balaban J connectivity index is 1.92. The van der Waals surface area contributed by atoms with E-state index in [0.717, 1.165) is 11.1 Å². The molecule has 0 saturated heterocycles. The van der Waals surface area contributed by atoms with Gasteiger partial charge in [-0.05, 0) is 46.0 Å². The molecular formula is C18H19NO2. The number of fused-ring (bicyclic) bond motifs is 2. The fourth-order valence-electron chi connectivity index (χ4n) is 2.52. The zero-order chi connectivity index (χ0) is 14.7. The molecule has 21 heavy (non-hydrogen) atoms. The quantitative estimate of drug-likeness (QED) is 0.440. The molecule has 0 aliphatic carbocycles. The van der Waals surface area contributed by atoms with Crippen LogP contribution in [0, 0.1) is 0 Å². The van der Waals surface area contributed by atoms with Gasteiger partial charge in [-0.1, -0.05) is 24.3 Å². The first kappa shape index (κ1) is 13.9. The Labute approximate surface area is 124 Å². The molecule has 0 aliphatic rings. The van der Waals surface area contributed by atoms with Gasteiger partial charge in [0.2, 0.25) is 0 Å². The van der Waals surface area contributed by atoms with Gasteiger partial charge in [-0.15, -0.1) is 0 Å². The van der Waals surface area contributed by atoms with Crippen LogP contribution in [0.2, 0.25) is 0 Å². The highest BCUT2D eigenvalue weighted by Crippen LogP contribution is 2.27. The molecule has 0 bridgehead atoms. The molecule has 0 unspecified atom stereocenters. The van der Waals surface area contributed by atoms with E-state index in [1.165, 1.54) is 21.7 Å². The number of anilines is 1. The first-order valence-corrected chi connectivity index (χ1v) is 7.05. The van der Waals surface area contributed by atoms with Gasteiger partial charge in [-0.25, -0.2) is 0 Å². The Kier molecular flexibility index (Phi) is 4.04. The summed E-state index contributed by atoms with van der Waals surface area (Å²) in [6.45, 7) is 1.84. The largest absolute Gasteiger partial charge is 0.398 e. The highest BCUT2D eigenvalue weighted by atomic mass is 16.5. The molecule has 3 heteroatoms. The van der Waals surface area contributed by atoms with Crippen LogP contribution in [0.5, 0.6) is 0 Å². The Morgan fingerprint density at radius 2 is 1.81 bits per heavy atom. The maximum Gasteiger partial charge on any atom is 0.0718 e. The van der Waals surface area contributed by atoms with Gasteiger partial charge in [0.25, 0.3) is 0 Å². The molecule has 3 aromatic carbocycles. The van der Waals surface area contributed by atoms with Gasteiger partial charge in [0.1, 0.15) is 0 Å². The summed E-state index contributed by atoms with van der Waals surface area (Å²) in [6, 6.07) is 16.7. The number of nitrogens with two attached hydrogens (primary N) is 1. The second-order valence-electron chi connectivity index (χ2n) is 5.15. The van der Waals surface area contributed by atoms with Crippen LogP contribution in [-0.4, -0.2) is 20.3 Å². The second kappa shape index (κ2) is 6.12. The summed E-state index contributed by atoms with van der Waals surface area (Å²) in [5.41, 5.74) is 8.03. The third kappa shape index (κ3) is 2.99. The summed E-state index contributed by atoms with van der Waals surface area (Å²) in [5, 5.41) is 4.68. The maximum atomic E-state index is 6.04. The molecule has 0 atom stereocenters. The molecule has 2 N–H and O–H groups in total. The molecule has 0 spiro atoms. The van der Waals surface area contributed by atoms with E-state index in [4.69, 9.17) is 15.2 Å². The van der Waals surface area contributed by atoms with Gasteiger partial charge in [-0.3, -0.25) is 0 Å². The SMILES string of the molecule is COCCOCc1ccc2cc3c(N)cccc3cc2c1.